The van der Waals surface area contributed by atoms with Gasteiger partial charge in [-0.25, -0.2) is 14.2 Å². The Kier molecular flexibility index (Phi) is 4.52. The van der Waals surface area contributed by atoms with Crippen LogP contribution in [0.2, 0.25) is 5.02 Å². The maximum absolute atomic E-state index is 14.1. The average molecular weight is 348 g/mol. The summed E-state index contributed by atoms with van der Waals surface area (Å²) in [7, 11) is 0. The van der Waals surface area contributed by atoms with E-state index in [1.165, 1.54) is 18.2 Å². The summed E-state index contributed by atoms with van der Waals surface area (Å²) in [6.07, 6.45) is 0. The molecule has 2 aromatic rings. The number of nitrogens with two attached hydrogens (primary N) is 1. The molecule has 2 aromatic carbocycles. The normalized spacial score (nSPS) is 12.5. The van der Waals surface area contributed by atoms with Gasteiger partial charge in [-0.05, 0) is 28.1 Å². The van der Waals surface area contributed by atoms with E-state index in [-0.39, 0.29) is 16.1 Å². The second kappa shape index (κ2) is 5.96. The van der Waals surface area contributed by atoms with Gasteiger partial charge in [-0.15, -0.1) is 0 Å². The zero-order valence-corrected chi connectivity index (χ0v) is 12.0. The van der Waals surface area contributed by atoms with Crippen molar-refractivity contribution in [3.63, 3.8) is 0 Å². The first-order valence-corrected chi connectivity index (χ1v) is 6.57. The van der Waals surface area contributed by atoms with Crippen molar-refractivity contribution in [1.82, 2.24) is 5.43 Å². The third kappa shape index (κ3) is 2.79. The lowest BCUT2D eigenvalue weighted by atomic mass is 9.98. The molecular formula is C13H10BrClF2N2. The summed E-state index contributed by atoms with van der Waals surface area (Å²) in [6, 6.07) is 8.31. The van der Waals surface area contributed by atoms with Gasteiger partial charge in [0.25, 0.3) is 0 Å². The van der Waals surface area contributed by atoms with Crippen LogP contribution in [0.25, 0.3) is 0 Å². The summed E-state index contributed by atoms with van der Waals surface area (Å²) < 4.78 is 28.3. The van der Waals surface area contributed by atoms with E-state index in [4.69, 9.17) is 17.4 Å². The van der Waals surface area contributed by atoms with Crippen molar-refractivity contribution in [2.75, 3.05) is 0 Å². The fraction of sp³-hybridized carbons (Fsp3) is 0.0769. The van der Waals surface area contributed by atoms with E-state index >= 15 is 0 Å². The van der Waals surface area contributed by atoms with Crippen LogP contribution < -0.4 is 11.3 Å². The molecule has 0 amide bonds. The van der Waals surface area contributed by atoms with Crippen molar-refractivity contribution in [2.24, 2.45) is 5.84 Å². The Labute approximate surface area is 122 Å². The van der Waals surface area contributed by atoms with Crippen LogP contribution in [0, 0.1) is 11.6 Å². The number of hydrazine groups is 1. The topological polar surface area (TPSA) is 38.0 Å². The molecule has 100 valence electrons. The van der Waals surface area contributed by atoms with Crippen LogP contribution in [-0.2, 0) is 0 Å². The summed E-state index contributed by atoms with van der Waals surface area (Å²) in [5.41, 5.74) is 2.84. The molecule has 2 rings (SSSR count). The zero-order valence-electron chi connectivity index (χ0n) is 9.63. The fourth-order valence-corrected chi connectivity index (χ4v) is 2.30. The molecular weight excluding hydrogens is 338 g/mol. The maximum Gasteiger partial charge on any atom is 0.148 e. The van der Waals surface area contributed by atoms with Crippen LogP contribution >= 0.6 is 27.5 Å². The van der Waals surface area contributed by atoms with Crippen LogP contribution in [0.5, 0.6) is 0 Å². The molecule has 0 fully saturated rings. The number of benzene rings is 2. The molecule has 6 heteroatoms. The SMILES string of the molecule is NNC(c1ccccc1F)c1ccc(Br)c(Cl)c1F. The molecule has 0 saturated carbocycles. The smallest absolute Gasteiger partial charge is 0.148 e. The lowest BCUT2D eigenvalue weighted by Gasteiger charge is -2.19. The highest BCUT2D eigenvalue weighted by Crippen LogP contribution is 2.33. The summed E-state index contributed by atoms with van der Waals surface area (Å²) in [4.78, 5) is 0. The predicted octanol–water partition coefficient (Wildman–Crippen LogP) is 3.93. The summed E-state index contributed by atoms with van der Waals surface area (Å²) in [5.74, 6) is 4.32. The molecule has 19 heavy (non-hydrogen) atoms. The molecule has 0 aromatic heterocycles. The quantitative estimate of drug-likeness (QED) is 0.501. The number of nitrogens with one attached hydrogen (secondary N) is 1. The van der Waals surface area contributed by atoms with Gasteiger partial charge in [0.1, 0.15) is 11.6 Å². The minimum absolute atomic E-state index is 0.0610. The predicted molar refractivity (Wildman–Crippen MR) is 74.7 cm³/mol. The minimum atomic E-state index is -0.813. The zero-order chi connectivity index (χ0) is 14.0. The molecule has 0 bridgehead atoms. The monoisotopic (exact) mass is 346 g/mol. The third-order valence-corrected chi connectivity index (χ3v) is 4.02. The maximum atomic E-state index is 14.1. The van der Waals surface area contributed by atoms with E-state index in [0.29, 0.717) is 4.47 Å². The molecule has 2 nitrogen and oxygen atoms in total. The number of rotatable bonds is 3. The standard InChI is InChI=1S/C13H10BrClF2N2/c14-9-6-5-8(12(17)11(9)15)13(19-18)7-3-1-2-4-10(7)16/h1-6,13,19H,18H2. The van der Waals surface area contributed by atoms with Crippen LogP contribution in [-0.4, -0.2) is 0 Å². The lowest BCUT2D eigenvalue weighted by molar-refractivity contribution is 0.531. The van der Waals surface area contributed by atoms with Crippen LogP contribution in [0.3, 0.4) is 0 Å². The second-order valence-corrected chi connectivity index (χ2v) is 5.12. The first kappa shape index (κ1) is 14.4. The van der Waals surface area contributed by atoms with E-state index in [9.17, 15) is 8.78 Å². The summed E-state index contributed by atoms with van der Waals surface area (Å²) >= 11 is 8.95. The minimum Gasteiger partial charge on any atom is -0.271 e. The van der Waals surface area contributed by atoms with Crippen molar-refractivity contribution >= 4 is 27.5 Å². The number of hydrogen-bond donors (Lipinski definition) is 2. The van der Waals surface area contributed by atoms with Crippen molar-refractivity contribution < 1.29 is 8.78 Å². The molecule has 0 aliphatic rings. The summed E-state index contributed by atoms with van der Waals surface area (Å²) in [5, 5.41) is -0.0610. The molecule has 0 saturated heterocycles. The molecule has 0 radical (unpaired) electrons. The first-order valence-electron chi connectivity index (χ1n) is 5.40. The van der Waals surface area contributed by atoms with Gasteiger partial charge in [-0.1, -0.05) is 35.9 Å². The van der Waals surface area contributed by atoms with E-state index in [1.54, 1.807) is 18.2 Å². The lowest BCUT2D eigenvalue weighted by Crippen LogP contribution is -2.30. The second-order valence-electron chi connectivity index (χ2n) is 3.89. The number of hydrogen-bond acceptors (Lipinski definition) is 2. The largest absolute Gasteiger partial charge is 0.271 e. The van der Waals surface area contributed by atoms with Gasteiger partial charge in [0.2, 0.25) is 0 Å². The first-order chi connectivity index (χ1) is 9.06. The van der Waals surface area contributed by atoms with Crippen LogP contribution in [0.1, 0.15) is 17.2 Å². The van der Waals surface area contributed by atoms with Gasteiger partial charge in [0.15, 0.2) is 0 Å². The Morgan fingerprint density at radius 3 is 2.42 bits per heavy atom. The Hall–Kier alpha value is -1.01. The average Bonchev–Trinajstić information content (AvgIpc) is 2.41. The van der Waals surface area contributed by atoms with Crippen LogP contribution in [0.4, 0.5) is 8.78 Å². The molecule has 1 atom stereocenters. The Morgan fingerprint density at radius 1 is 1.11 bits per heavy atom. The molecule has 0 aliphatic carbocycles. The van der Waals surface area contributed by atoms with Crippen molar-refractivity contribution in [2.45, 2.75) is 6.04 Å². The van der Waals surface area contributed by atoms with Crippen molar-refractivity contribution in [3.05, 3.63) is 68.7 Å². The van der Waals surface area contributed by atoms with E-state index in [0.717, 1.165) is 0 Å². The Morgan fingerprint density at radius 2 is 1.79 bits per heavy atom. The van der Waals surface area contributed by atoms with Gasteiger partial charge in [0, 0.05) is 15.6 Å². The Balaban J connectivity index is 2.55. The van der Waals surface area contributed by atoms with E-state index in [2.05, 4.69) is 21.4 Å². The third-order valence-electron chi connectivity index (χ3n) is 2.76. The van der Waals surface area contributed by atoms with Gasteiger partial charge in [0.05, 0.1) is 11.1 Å². The highest BCUT2D eigenvalue weighted by Gasteiger charge is 2.22. The Bertz CT molecular complexity index is 607. The summed E-state index contributed by atoms with van der Waals surface area (Å²) in [6.45, 7) is 0. The molecule has 1 unspecified atom stereocenters. The van der Waals surface area contributed by atoms with Gasteiger partial charge in [-0.2, -0.15) is 0 Å². The highest BCUT2D eigenvalue weighted by atomic mass is 79.9. The molecule has 0 aliphatic heterocycles. The van der Waals surface area contributed by atoms with Gasteiger partial charge >= 0.3 is 0 Å². The van der Waals surface area contributed by atoms with Crippen molar-refractivity contribution in [1.29, 1.82) is 0 Å². The van der Waals surface area contributed by atoms with Gasteiger partial charge in [-0.3, -0.25) is 5.84 Å². The van der Waals surface area contributed by atoms with Crippen LogP contribution in [0.15, 0.2) is 40.9 Å². The number of halogens is 4. The highest BCUT2D eigenvalue weighted by molar-refractivity contribution is 9.10. The van der Waals surface area contributed by atoms with Crippen molar-refractivity contribution in [3.8, 4) is 0 Å². The molecule has 0 spiro atoms. The molecule has 0 heterocycles. The van der Waals surface area contributed by atoms with Gasteiger partial charge < -0.3 is 0 Å². The fourth-order valence-electron chi connectivity index (χ4n) is 1.82. The van der Waals surface area contributed by atoms with E-state index in [1.807, 2.05) is 0 Å². The molecule has 3 N–H and O–H groups in total. The van der Waals surface area contributed by atoms with E-state index < -0.39 is 17.7 Å².